The highest BCUT2D eigenvalue weighted by Gasteiger charge is 2.07. The second kappa shape index (κ2) is 6.26. The molecule has 0 amide bonds. The second-order valence-electron chi connectivity index (χ2n) is 4.20. The lowest BCUT2D eigenvalue weighted by Gasteiger charge is -2.06. The number of hydrogen-bond acceptors (Lipinski definition) is 4. The van der Waals surface area contributed by atoms with Crippen LogP contribution in [-0.4, -0.2) is 26.8 Å². The van der Waals surface area contributed by atoms with Crippen LogP contribution < -0.4 is 5.32 Å². The molecule has 2 aromatic rings. The molecule has 0 aliphatic heterocycles. The van der Waals surface area contributed by atoms with E-state index in [9.17, 15) is 0 Å². The van der Waals surface area contributed by atoms with Gasteiger partial charge in [0.1, 0.15) is 0 Å². The first-order chi connectivity index (χ1) is 8.85. The van der Waals surface area contributed by atoms with Gasteiger partial charge in [0.05, 0.1) is 12.2 Å². The Hall–Kier alpha value is -1.75. The molecule has 0 saturated heterocycles. The number of aromatic nitrogens is 4. The predicted octanol–water partition coefficient (Wildman–Crippen LogP) is 1.72. The minimum absolute atomic E-state index is 0.691. The summed E-state index contributed by atoms with van der Waals surface area (Å²) in [4.78, 5) is 0. The fourth-order valence-electron chi connectivity index (χ4n) is 1.77. The number of aryl methyl sites for hydroxylation is 1. The van der Waals surface area contributed by atoms with Crippen molar-refractivity contribution in [2.24, 2.45) is 0 Å². The quantitative estimate of drug-likeness (QED) is 0.787. The van der Waals surface area contributed by atoms with Crippen LogP contribution in [-0.2, 0) is 13.0 Å². The maximum atomic E-state index is 4.05. The number of nitrogens with zero attached hydrogens (tertiary/aromatic N) is 4. The van der Waals surface area contributed by atoms with E-state index in [-0.39, 0.29) is 0 Å². The summed E-state index contributed by atoms with van der Waals surface area (Å²) < 4.78 is 1.78. The standard InChI is InChI=1S/C13H19N5/c1-3-9-14-10-13-15-16-17-18(13)12-7-5-11(4-2)6-8-12/h5-8,14H,3-4,9-10H2,1-2H3. The summed E-state index contributed by atoms with van der Waals surface area (Å²) in [5.41, 5.74) is 2.32. The van der Waals surface area contributed by atoms with Gasteiger partial charge in [0, 0.05) is 0 Å². The summed E-state index contributed by atoms with van der Waals surface area (Å²) in [5, 5.41) is 15.1. The largest absolute Gasteiger partial charge is 0.310 e. The van der Waals surface area contributed by atoms with Crippen LogP contribution in [0.3, 0.4) is 0 Å². The second-order valence-corrected chi connectivity index (χ2v) is 4.20. The van der Waals surface area contributed by atoms with Crippen molar-refractivity contribution >= 4 is 0 Å². The molecule has 0 atom stereocenters. The first-order valence-electron chi connectivity index (χ1n) is 6.42. The summed E-state index contributed by atoms with van der Waals surface area (Å²) >= 11 is 0. The Morgan fingerprint density at radius 2 is 1.94 bits per heavy atom. The van der Waals surface area contributed by atoms with Gasteiger partial charge < -0.3 is 5.32 Å². The molecule has 1 aromatic heterocycles. The van der Waals surface area contributed by atoms with Crippen LogP contribution in [0.4, 0.5) is 0 Å². The number of rotatable bonds is 6. The lowest BCUT2D eigenvalue weighted by molar-refractivity contribution is 0.633. The molecule has 0 saturated carbocycles. The molecular weight excluding hydrogens is 226 g/mol. The first-order valence-corrected chi connectivity index (χ1v) is 6.42. The van der Waals surface area contributed by atoms with Crippen molar-refractivity contribution in [2.45, 2.75) is 33.2 Å². The highest BCUT2D eigenvalue weighted by Crippen LogP contribution is 2.10. The molecule has 5 heteroatoms. The lowest BCUT2D eigenvalue weighted by Crippen LogP contribution is -2.17. The van der Waals surface area contributed by atoms with E-state index in [1.54, 1.807) is 4.68 Å². The van der Waals surface area contributed by atoms with E-state index in [4.69, 9.17) is 0 Å². The van der Waals surface area contributed by atoms with Gasteiger partial charge in [0.25, 0.3) is 0 Å². The minimum atomic E-state index is 0.691. The van der Waals surface area contributed by atoms with Gasteiger partial charge in [0.2, 0.25) is 0 Å². The summed E-state index contributed by atoms with van der Waals surface area (Å²) in [7, 11) is 0. The van der Waals surface area contributed by atoms with Crippen LogP contribution >= 0.6 is 0 Å². The topological polar surface area (TPSA) is 55.6 Å². The van der Waals surface area contributed by atoms with Gasteiger partial charge in [-0.15, -0.1) is 5.10 Å². The SMILES string of the molecule is CCCNCc1nnnn1-c1ccc(CC)cc1. The molecule has 0 fully saturated rings. The van der Waals surface area contributed by atoms with Crippen molar-refractivity contribution < 1.29 is 0 Å². The molecule has 1 N–H and O–H groups in total. The summed E-state index contributed by atoms with van der Waals surface area (Å²) in [5.74, 6) is 0.840. The van der Waals surface area contributed by atoms with Crippen LogP contribution in [0.15, 0.2) is 24.3 Å². The molecule has 1 aromatic carbocycles. The zero-order valence-corrected chi connectivity index (χ0v) is 10.9. The van der Waals surface area contributed by atoms with Crippen molar-refractivity contribution in [3.63, 3.8) is 0 Å². The van der Waals surface area contributed by atoms with E-state index in [1.165, 1.54) is 5.56 Å². The maximum Gasteiger partial charge on any atom is 0.170 e. The highest BCUT2D eigenvalue weighted by atomic mass is 15.5. The van der Waals surface area contributed by atoms with Crippen molar-refractivity contribution in [1.29, 1.82) is 0 Å². The number of tetrazole rings is 1. The van der Waals surface area contributed by atoms with Gasteiger partial charge in [-0.1, -0.05) is 26.0 Å². The van der Waals surface area contributed by atoms with Gasteiger partial charge >= 0.3 is 0 Å². The van der Waals surface area contributed by atoms with E-state index in [1.807, 2.05) is 0 Å². The average molecular weight is 245 g/mol. The molecule has 0 aliphatic carbocycles. The lowest BCUT2D eigenvalue weighted by atomic mass is 10.1. The number of benzene rings is 1. The summed E-state index contributed by atoms with van der Waals surface area (Å²) in [6, 6.07) is 8.33. The van der Waals surface area contributed by atoms with Crippen LogP contribution in [0, 0.1) is 0 Å². The fraction of sp³-hybridized carbons (Fsp3) is 0.462. The van der Waals surface area contributed by atoms with Crippen molar-refractivity contribution in [3.8, 4) is 5.69 Å². The molecule has 96 valence electrons. The van der Waals surface area contributed by atoms with E-state index >= 15 is 0 Å². The zero-order chi connectivity index (χ0) is 12.8. The normalized spacial score (nSPS) is 10.8. The summed E-state index contributed by atoms with van der Waals surface area (Å²) in [6.07, 6.45) is 2.15. The van der Waals surface area contributed by atoms with Crippen LogP contribution in [0.25, 0.3) is 5.69 Å². The number of hydrogen-bond donors (Lipinski definition) is 1. The van der Waals surface area contributed by atoms with E-state index in [0.29, 0.717) is 6.54 Å². The molecule has 5 nitrogen and oxygen atoms in total. The van der Waals surface area contributed by atoms with Crippen molar-refractivity contribution in [3.05, 3.63) is 35.7 Å². The molecule has 0 bridgehead atoms. The Morgan fingerprint density at radius 3 is 2.61 bits per heavy atom. The highest BCUT2D eigenvalue weighted by molar-refractivity contribution is 5.34. The zero-order valence-electron chi connectivity index (χ0n) is 10.9. The molecule has 0 unspecified atom stereocenters. The maximum absolute atomic E-state index is 4.05. The fourth-order valence-corrected chi connectivity index (χ4v) is 1.77. The van der Waals surface area contributed by atoms with Gasteiger partial charge in [0.15, 0.2) is 5.82 Å². The van der Waals surface area contributed by atoms with Crippen molar-refractivity contribution in [1.82, 2.24) is 25.5 Å². The van der Waals surface area contributed by atoms with E-state index in [2.05, 4.69) is 59.0 Å². The first kappa shape index (κ1) is 12.7. The van der Waals surface area contributed by atoms with Gasteiger partial charge in [-0.05, 0) is 47.5 Å². The Kier molecular flexibility index (Phi) is 4.41. The van der Waals surface area contributed by atoms with E-state index < -0.39 is 0 Å². The molecule has 18 heavy (non-hydrogen) atoms. The molecular formula is C13H19N5. The Bertz CT molecular complexity index is 474. The molecule has 0 radical (unpaired) electrons. The van der Waals surface area contributed by atoms with Gasteiger partial charge in [-0.2, -0.15) is 4.68 Å². The molecule has 1 heterocycles. The van der Waals surface area contributed by atoms with Crippen LogP contribution in [0.1, 0.15) is 31.7 Å². The van der Waals surface area contributed by atoms with Crippen molar-refractivity contribution in [2.75, 3.05) is 6.54 Å². The number of nitrogens with one attached hydrogen (secondary N) is 1. The Morgan fingerprint density at radius 1 is 1.17 bits per heavy atom. The average Bonchev–Trinajstić information content (AvgIpc) is 2.88. The van der Waals surface area contributed by atoms with Gasteiger partial charge in [-0.3, -0.25) is 0 Å². The Labute approximate surface area is 107 Å². The predicted molar refractivity (Wildman–Crippen MR) is 70.5 cm³/mol. The smallest absolute Gasteiger partial charge is 0.170 e. The van der Waals surface area contributed by atoms with Crippen LogP contribution in [0.2, 0.25) is 0 Å². The van der Waals surface area contributed by atoms with Crippen LogP contribution in [0.5, 0.6) is 0 Å². The molecule has 0 aliphatic rings. The minimum Gasteiger partial charge on any atom is -0.310 e. The summed E-state index contributed by atoms with van der Waals surface area (Å²) in [6.45, 7) is 5.95. The van der Waals surface area contributed by atoms with E-state index in [0.717, 1.165) is 30.9 Å². The third kappa shape index (κ3) is 2.92. The molecule has 0 spiro atoms. The molecule has 2 rings (SSSR count). The third-order valence-electron chi connectivity index (χ3n) is 2.83. The third-order valence-corrected chi connectivity index (χ3v) is 2.83. The monoisotopic (exact) mass is 245 g/mol. The Balaban J connectivity index is 2.14. The van der Waals surface area contributed by atoms with Gasteiger partial charge in [-0.25, -0.2) is 0 Å².